The second-order valence-electron chi connectivity index (χ2n) is 5.56. The van der Waals surface area contributed by atoms with E-state index in [0.717, 1.165) is 17.8 Å². The highest BCUT2D eigenvalue weighted by Crippen LogP contribution is 2.52. The Hall–Kier alpha value is 0. The second-order valence-corrected chi connectivity index (χ2v) is 5.56. The molecule has 1 saturated carbocycles. The minimum atomic E-state index is 0.642. The summed E-state index contributed by atoms with van der Waals surface area (Å²) in [5.74, 6) is 2.76. The monoisotopic (exact) mass is 182 g/mol. The van der Waals surface area contributed by atoms with E-state index in [1.54, 1.807) is 0 Å². The van der Waals surface area contributed by atoms with Gasteiger partial charge in [-0.25, -0.2) is 0 Å². The van der Waals surface area contributed by atoms with Crippen LogP contribution in [0.1, 0.15) is 60.3 Å². The SMILES string of the molecule is CCC(C)C1(C)CCCC1C(C)C. The molecule has 0 N–H and O–H groups in total. The van der Waals surface area contributed by atoms with Crippen LogP contribution in [-0.2, 0) is 0 Å². The van der Waals surface area contributed by atoms with Crippen LogP contribution in [0.2, 0.25) is 0 Å². The van der Waals surface area contributed by atoms with Crippen LogP contribution in [0.5, 0.6) is 0 Å². The van der Waals surface area contributed by atoms with E-state index in [-0.39, 0.29) is 0 Å². The summed E-state index contributed by atoms with van der Waals surface area (Å²) in [5, 5.41) is 0. The summed E-state index contributed by atoms with van der Waals surface area (Å²) < 4.78 is 0. The van der Waals surface area contributed by atoms with Gasteiger partial charge in [-0.1, -0.05) is 47.5 Å². The molecule has 0 radical (unpaired) electrons. The van der Waals surface area contributed by atoms with Crippen LogP contribution in [0.4, 0.5) is 0 Å². The molecular formula is C13H26. The highest BCUT2D eigenvalue weighted by Gasteiger charge is 2.42. The van der Waals surface area contributed by atoms with Gasteiger partial charge in [-0.2, -0.15) is 0 Å². The molecule has 3 atom stereocenters. The van der Waals surface area contributed by atoms with Crippen molar-refractivity contribution >= 4 is 0 Å². The summed E-state index contributed by atoms with van der Waals surface area (Å²) in [5.41, 5.74) is 0.642. The van der Waals surface area contributed by atoms with Gasteiger partial charge in [0.15, 0.2) is 0 Å². The lowest BCUT2D eigenvalue weighted by Crippen LogP contribution is -2.32. The van der Waals surface area contributed by atoms with Gasteiger partial charge in [0, 0.05) is 0 Å². The van der Waals surface area contributed by atoms with Gasteiger partial charge in [-0.15, -0.1) is 0 Å². The number of rotatable bonds is 3. The van der Waals surface area contributed by atoms with E-state index in [1.165, 1.54) is 25.7 Å². The molecule has 1 rings (SSSR count). The number of hydrogen-bond donors (Lipinski definition) is 0. The van der Waals surface area contributed by atoms with Crippen molar-refractivity contribution in [3.8, 4) is 0 Å². The lowest BCUT2D eigenvalue weighted by Gasteiger charge is -2.39. The number of hydrogen-bond acceptors (Lipinski definition) is 0. The van der Waals surface area contributed by atoms with Crippen LogP contribution < -0.4 is 0 Å². The summed E-state index contributed by atoms with van der Waals surface area (Å²) in [6.45, 7) is 12.1. The fourth-order valence-electron chi connectivity index (χ4n) is 3.39. The lowest BCUT2D eigenvalue weighted by molar-refractivity contribution is 0.0978. The molecular weight excluding hydrogens is 156 g/mol. The van der Waals surface area contributed by atoms with Gasteiger partial charge < -0.3 is 0 Å². The van der Waals surface area contributed by atoms with Crippen LogP contribution in [0.15, 0.2) is 0 Å². The Kier molecular flexibility index (Phi) is 3.43. The van der Waals surface area contributed by atoms with Crippen molar-refractivity contribution in [2.24, 2.45) is 23.2 Å². The molecule has 0 heterocycles. The van der Waals surface area contributed by atoms with Gasteiger partial charge in [-0.05, 0) is 36.0 Å². The maximum Gasteiger partial charge on any atom is -0.0270 e. The van der Waals surface area contributed by atoms with Crippen molar-refractivity contribution in [1.82, 2.24) is 0 Å². The Bertz CT molecular complexity index is 159. The van der Waals surface area contributed by atoms with Gasteiger partial charge in [-0.3, -0.25) is 0 Å². The van der Waals surface area contributed by atoms with Crippen molar-refractivity contribution in [1.29, 1.82) is 0 Å². The normalized spacial score (nSPS) is 36.9. The molecule has 3 unspecified atom stereocenters. The van der Waals surface area contributed by atoms with E-state index in [9.17, 15) is 0 Å². The minimum Gasteiger partial charge on any atom is -0.0651 e. The standard InChI is InChI=1S/C13H26/c1-6-11(4)13(5)9-7-8-12(13)10(2)3/h10-12H,6-9H2,1-5H3. The Morgan fingerprint density at radius 3 is 2.38 bits per heavy atom. The second kappa shape index (κ2) is 4.02. The largest absolute Gasteiger partial charge is 0.0651 e. The fourth-order valence-corrected chi connectivity index (χ4v) is 3.39. The highest BCUT2D eigenvalue weighted by molar-refractivity contribution is 4.92. The summed E-state index contributed by atoms with van der Waals surface area (Å²) in [6.07, 6.45) is 5.74. The molecule has 0 nitrogen and oxygen atoms in total. The van der Waals surface area contributed by atoms with Crippen LogP contribution in [0, 0.1) is 23.2 Å². The molecule has 0 aliphatic heterocycles. The average molecular weight is 182 g/mol. The van der Waals surface area contributed by atoms with Crippen molar-refractivity contribution in [2.75, 3.05) is 0 Å². The summed E-state index contributed by atoms with van der Waals surface area (Å²) in [4.78, 5) is 0. The third kappa shape index (κ3) is 1.92. The molecule has 0 aromatic rings. The van der Waals surface area contributed by atoms with Gasteiger partial charge in [0.25, 0.3) is 0 Å². The quantitative estimate of drug-likeness (QED) is 0.603. The topological polar surface area (TPSA) is 0 Å². The Morgan fingerprint density at radius 1 is 1.31 bits per heavy atom. The summed E-state index contributed by atoms with van der Waals surface area (Å²) >= 11 is 0. The maximum absolute atomic E-state index is 2.53. The molecule has 1 fully saturated rings. The lowest BCUT2D eigenvalue weighted by atomic mass is 9.66. The first-order valence-electron chi connectivity index (χ1n) is 6.02. The Labute approximate surface area is 84.1 Å². The maximum atomic E-state index is 2.53. The molecule has 0 bridgehead atoms. The van der Waals surface area contributed by atoms with E-state index in [1.807, 2.05) is 0 Å². The first-order chi connectivity index (χ1) is 6.02. The van der Waals surface area contributed by atoms with Gasteiger partial charge >= 0.3 is 0 Å². The van der Waals surface area contributed by atoms with Crippen molar-refractivity contribution in [3.63, 3.8) is 0 Å². The zero-order chi connectivity index (χ0) is 10.1. The summed E-state index contributed by atoms with van der Waals surface area (Å²) in [7, 11) is 0. The van der Waals surface area contributed by atoms with Crippen LogP contribution in [0.25, 0.3) is 0 Å². The molecule has 0 saturated heterocycles. The smallest absolute Gasteiger partial charge is 0.0270 e. The van der Waals surface area contributed by atoms with E-state index >= 15 is 0 Å². The first kappa shape index (κ1) is 11.1. The Morgan fingerprint density at radius 2 is 1.92 bits per heavy atom. The molecule has 0 aromatic heterocycles. The molecule has 0 amide bonds. The Balaban J connectivity index is 2.75. The molecule has 0 spiro atoms. The van der Waals surface area contributed by atoms with Crippen LogP contribution >= 0.6 is 0 Å². The van der Waals surface area contributed by atoms with Gasteiger partial charge in [0.2, 0.25) is 0 Å². The summed E-state index contributed by atoms with van der Waals surface area (Å²) in [6, 6.07) is 0. The minimum absolute atomic E-state index is 0.642. The van der Waals surface area contributed by atoms with Crippen molar-refractivity contribution in [3.05, 3.63) is 0 Å². The molecule has 13 heavy (non-hydrogen) atoms. The van der Waals surface area contributed by atoms with Crippen molar-refractivity contribution < 1.29 is 0 Å². The van der Waals surface area contributed by atoms with Crippen LogP contribution in [0.3, 0.4) is 0 Å². The highest BCUT2D eigenvalue weighted by atomic mass is 14.5. The molecule has 0 aromatic carbocycles. The van der Waals surface area contributed by atoms with E-state index in [2.05, 4.69) is 34.6 Å². The van der Waals surface area contributed by atoms with E-state index in [4.69, 9.17) is 0 Å². The fraction of sp³-hybridized carbons (Fsp3) is 1.00. The van der Waals surface area contributed by atoms with E-state index < -0.39 is 0 Å². The zero-order valence-corrected chi connectivity index (χ0v) is 10.1. The van der Waals surface area contributed by atoms with Crippen LogP contribution in [-0.4, -0.2) is 0 Å². The molecule has 1 aliphatic carbocycles. The van der Waals surface area contributed by atoms with E-state index in [0.29, 0.717) is 5.41 Å². The first-order valence-corrected chi connectivity index (χ1v) is 6.02. The van der Waals surface area contributed by atoms with Crippen molar-refractivity contribution in [2.45, 2.75) is 60.3 Å². The molecule has 0 heteroatoms. The molecule has 1 aliphatic rings. The van der Waals surface area contributed by atoms with Gasteiger partial charge in [0.1, 0.15) is 0 Å². The van der Waals surface area contributed by atoms with Gasteiger partial charge in [0.05, 0.1) is 0 Å². The molecule has 78 valence electrons. The third-order valence-electron chi connectivity index (χ3n) is 4.62. The third-order valence-corrected chi connectivity index (χ3v) is 4.62. The predicted molar refractivity (Wildman–Crippen MR) is 59.7 cm³/mol. The average Bonchev–Trinajstić information content (AvgIpc) is 2.47. The zero-order valence-electron chi connectivity index (χ0n) is 10.1. The predicted octanol–water partition coefficient (Wildman–Crippen LogP) is 4.49.